The third-order valence-electron chi connectivity index (χ3n) is 3.76. The van der Waals surface area contributed by atoms with Gasteiger partial charge in [-0.2, -0.15) is 0 Å². The molecular formula is C17H11NO2. The predicted molar refractivity (Wildman–Crippen MR) is 77.2 cm³/mol. The van der Waals surface area contributed by atoms with Crippen LogP contribution in [0.4, 0.5) is 0 Å². The molecule has 3 aromatic rings. The van der Waals surface area contributed by atoms with Gasteiger partial charge in [0.15, 0.2) is 5.78 Å². The van der Waals surface area contributed by atoms with Crippen molar-refractivity contribution in [2.75, 3.05) is 7.11 Å². The fraction of sp³-hybridized carbons (Fsp3) is 0.0588. The fourth-order valence-electron chi connectivity index (χ4n) is 2.81. The molecular weight excluding hydrogens is 250 g/mol. The first-order valence-corrected chi connectivity index (χ1v) is 6.40. The molecule has 0 aliphatic heterocycles. The van der Waals surface area contributed by atoms with Gasteiger partial charge in [0.1, 0.15) is 5.75 Å². The summed E-state index contributed by atoms with van der Waals surface area (Å²) in [6.07, 6.45) is 1.72. The predicted octanol–water partition coefficient (Wildman–Crippen LogP) is 3.45. The van der Waals surface area contributed by atoms with Crippen molar-refractivity contribution < 1.29 is 9.53 Å². The van der Waals surface area contributed by atoms with E-state index in [0.29, 0.717) is 16.9 Å². The van der Waals surface area contributed by atoms with E-state index in [2.05, 4.69) is 4.98 Å². The molecule has 3 nitrogen and oxygen atoms in total. The highest BCUT2D eigenvalue weighted by atomic mass is 16.5. The number of aromatic nitrogens is 1. The lowest BCUT2D eigenvalue weighted by atomic mass is 10.0. The van der Waals surface area contributed by atoms with Crippen molar-refractivity contribution >= 4 is 16.7 Å². The number of hydrogen-bond acceptors (Lipinski definition) is 3. The molecule has 0 bridgehead atoms. The largest absolute Gasteiger partial charge is 0.497 e. The van der Waals surface area contributed by atoms with Gasteiger partial charge in [-0.05, 0) is 35.4 Å². The fourth-order valence-corrected chi connectivity index (χ4v) is 2.81. The topological polar surface area (TPSA) is 39.2 Å². The maximum absolute atomic E-state index is 12.7. The van der Waals surface area contributed by atoms with Crippen LogP contribution in [0.1, 0.15) is 15.9 Å². The number of benzene rings is 2. The smallest absolute Gasteiger partial charge is 0.196 e. The van der Waals surface area contributed by atoms with Crippen LogP contribution in [-0.2, 0) is 0 Å². The lowest BCUT2D eigenvalue weighted by molar-refractivity contribution is 0.104. The quantitative estimate of drug-likeness (QED) is 0.526. The Bertz CT molecular complexity index is 868. The number of pyridine rings is 1. The number of ether oxygens (including phenoxy) is 1. The van der Waals surface area contributed by atoms with Crippen LogP contribution in [0.25, 0.3) is 22.0 Å². The van der Waals surface area contributed by atoms with Gasteiger partial charge in [-0.15, -0.1) is 0 Å². The highest BCUT2D eigenvalue weighted by Gasteiger charge is 2.29. The molecule has 0 amide bonds. The first kappa shape index (κ1) is 11.2. The maximum atomic E-state index is 12.7. The molecule has 0 atom stereocenters. The molecule has 3 heteroatoms. The molecule has 0 N–H and O–H groups in total. The van der Waals surface area contributed by atoms with Gasteiger partial charge in [0.25, 0.3) is 0 Å². The molecule has 0 spiro atoms. The third-order valence-corrected chi connectivity index (χ3v) is 3.76. The van der Waals surface area contributed by atoms with Crippen molar-refractivity contribution in [1.29, 1.82) is 0 Å². The number of methoxy groups -OCH3 is 1. The number of fused-ring (bicyclic) bond motifs is 5. The molecule has 4 rings (SSSR count). The van der Waals surface area contributed by atoms with Crippen LogP contribution in [0, 0.1) is 0 Å². The van der Waals surface area contributed by atoms with Gasteiger partial charge in [0.05, 0.1) is 18.2 Å². The number of ketones is 1. The number of rotatable bonds is 1. The minimum absolute atomic E-state index is 0.0261. The van der Waals surface area contributed by atoms with E-state index in [4.69, 9.17) is 4.74 Å². The van der Waals surface area contributed by atoms with Crippen molar-refractivity contribution in [1.82, 2.24) is 4.98 Å². The van der Waals surface area contributed by atoms with Crippen molar-refractivity contribution in [2.45, 2.75) is 0 Å². The highest BCUT2D eigenvalue weighted by molar-refractivity contribution is 6.26. The first-order valence-electron chi connectivity index (χ1n) is 6.40. The summed E-state index contributed by atoms with van der Waals surface area (Å²) in [6, 6.07) is 13.5. The minimum atomic E-state index is 0.0261. The summed E-state index contributed by atoms with van der Waals surface area (Å²) in [5, 5.41) is 0.986. The van der Waals surface area contributed by atoms with Gasteiger partial charge >= 0.3 is 0 Å². The van der Waals surface area contributed by atoms with Gasteiger partial charge in [0, 0.05) is 17.1 Å². The zero-order valence-corrected chi connectivity index (χ0v) is 10.9. The lowest BCUT2D eigenvalue weighted by Crippen LogP contribution is -1.98. The van der Waals surface area contributed by atoms with E-state index in [1.807, 2.05) is 36.4 Å². The standard InChI is InChI=1S/C17H11NO2/c1-20-11-5-7-12-13-6-4-10-3-2-8-18-16(10)15(13)17(19)14(12)9-11/h2-9H,1H3. The Kier molecular flexibility index (Phi) is 2.18. The van der Waals surface area contributed by atoms with Gasteiger partial charge in [-0.1, -0.05) is 18.2 Å². The molecule has 0 unspecified atom stereocenters. The molecule has 20 heavy (non-hydrogen) atoms. The summed E-state index contributed by atoms with van der Waals surface area (Å²) < 4.78 is 5.21. The van der Waals surface area contributed by atoms with E-state index in [1.54, 1.807) is 19.4 Å². The highest BCUT2D eigenvalue weighted by Crippen LogP contribution is 2.40. The van der Waals surface area contributed by atoms with Crippen LogP contribution in [-0.4, -0.2) is 17.9 Å². The first-order chi connectivity index (χ1) is 9.79. The van der Waals surface area contributed by atoms with Crippen molar-refractivity contribution in [3.8, 4) is 16.9 Å². The Morgan fingerprint density at radius 1 is 1.00 bits per heavy atom. The van der Waals surface area contributed by atoms with Crippen molar-refractivity contribution in [3.63, 3.8) is 0 Å². The van der Waals surface area contributed by atoms with Crippen molar-refractivity contribution in [3.05, 3.63) is 59.8 Å². The van der Waals surface area contributed by atoms with E-state index < -0.39 is 0 Å². The summed E-state index contributed by atoms with van der Waals surface area (Å²) in [7, 11) is 1.60. The summed E-state index contributed by atoms with van der Waals surface area (Å²) in [5.41, 5.74) is 4.08. The Hall–Kier alpha value is -2.68. The molecule has 0 fully saturated rings. The van der Waals surface area contributed by atoms with Gasteiger partial charge in [-0.25, -0.2) is 0 Å². The van der Waals surface area contributed by atoms with E-state index in [-0.39, 0.29) is 5.78 Å². The van der Waals surface area contributed by atoms with Gasteiger partial charge in [-0.3, -0.25) is 9.78 Å². The van der Waals surface area contributed by atoms with E-state index in [9.17, 15) is 4.79 Å². The second-order valence-corrected chi connectivity index (χ2v) is 4.80. The second-order valence-electron chi connectivity index (χ2n) is 4.80. The van der Waals surface area contributed by atoms with E-state index in [1.165, 1.54) is 0 Å². The van der Waals surface area contributed by atoms with Crippen LogP contribution < -0.4 is 4.74 Å². The monoisotopic (exact) mass is 261 g/mol. The second kappa shape index (κ2) is 3.90. The van der Waals surface area contributed by atoms with Gasteiger partial charge < -0.3 is 4.74 Å². The summed E-state index contributed by atoms with van der Waals surface area (Å²) in [6.45, 7) is 0. The number of nitrogens with zero attached hydrogens (tertiary/aromatic N) is 1. The molecule has 2 aromatic carbocycles. The average Bonchev–Trinajstić information content (AvgIpc) is 2.80. The van der Waals surface area contributed by atoms with Crippen molar-refractivity contribution in [2.24, 2.45) is 0 Å². The maximum Gasteiger partial charge on any atom is 0.196 e. The van der Waals surface area contributed by atoms with E-state index in [0.717, 1.165) is 22.0 Å². The average molecular weight is 261 g/mol. The molecule has 1 aliphatic rings. The van der Waals surface area contributed by atoms with Gasteiger partial charge in [0.2, 0.25) is 0 Å². The number of hydrogen-bond donors (Lipinski definition) is 0. The molecule has 96 valence electrons. The zero-order chi connectivity index (χ0) is 13.7. The Labute approximate surface area is 115 Å². The lowest BCUT2D eigenvalue weighted by Gasteiger charge is -2.03. The molecule has 0 saturated carbocycles. The Morgan fingerprint density at radius 3 is 2.70 bits per heavy atom. The van der Waals surface area contributed by atoms with Crippen LogP contribution in [0.15, 0.2) is 48.7 Å². The van der Waals surface area contributed by atoms with Crippen LogP contribution in [0.2, 0.25) is 0 Å². The number of carbonyl (C=O) groups excluding carboxylic acids is 1. The van der Waals surface area contributed by atoms with Crippen LogP contribution in [0.3, 0.4) is 0 Å². The molecule has 1 aliphatic carbocycles. The number of carbonyl (C=O) groups is 1. The summed E-state index contributed by atoms with van der Waals surface area (Å²) in [4.78, 5) is 17.1. The minimum Gasteiger partial charge on any atom is -0.497 e. The SMILES string of the molecule is COc1ccc2c(c1)C(=O)c1c-2ccc2cccnc12. The molecule has 0 radical (unpaired) electrons. The zero-order valence-electron chi connectivity index (χ0n) is 10.9. The summed E-state index contributed by atoms with van der Waals surface area (Å²) in [5.74, 6) is 0.723. The molecule has 0 saturated heterocycles. The van der Waals surface area contributed by atoms with E-state index >= 15 is 0 Å². The van der Waals surface area contributed by atoms with Crippen LogP contribution in [0.5, 0.6) is 5.75 Å². The molecule has 1 aromatic heterocycles. The Morgan fingerprint density at radius 2 is 1.85 bits per heavy atom. The summed E-state index contributed by atoms with van der Waals surface area (Å²) >= 11 is 0. The normalized spacial score (nSPS) is 12.3. The third kappa shape index (κ3) is 1.35. The molecule has 1 heterocycles. The van der Waals surface area contributed by atoms with Crippen LogP contribution >= 0.6 is 0 Å². The Balaban J connectivity index is 2.07.